The molecule has 0 saturated heterocycles. The number of carbonyl (C=O) groups is 1. The Bertz CT molecular complexity index is 595. The van der Waals surface area contributed by atoms with Crippen molar-refractivity contribution in [2.75, 3.05) is 32.1 Å². The third-order valence-electron chi connectivity index (χ3n) is 3.07. The zero-order valence-corrected chi connectivity index (χ0v) is 13.7. The minimum absolute atomic E-state index is 0.0774. The summed E-state index contributed by atoms with van der Waals surface area (Å²) in [6.07, 6.45) is 0. The number of hydrogen-bond donors (Lipinski definition) is 1. The summed E-state index contributed by atoms with van der Waals surface area (Å²) in [5, 5.41) is 2.61. The van der Waals surface area contributed by atoms with E-state index >= 15 is 0 Å². The predicted octanol–water partition coefficient (Wildman–Crippen LogP) is 1.61. The van der Waals surface area contributed by atoms with Crippen LogP contribution in [0.4, 0.5) is 5.69 Å². The number of ether oxygens (including phenoxy) is 1. The van der Waals surface area contributed by atoms with E-state index in [2.05, 4.69) is 5.32 Å². The topological polar surface area (TPSA) is 75.7 Å². The molecule has 1 rings (SSSR count). The van der Waals surface area contributed by atoms with Crippen LogP contribution in [0.5, 0.6) is 0 Å². The van der Waals surface area contributed by atoms with Crippen molar-refractivity contribution in [2.45, 2.75) is 25.7 Å². The van der Waals surface area contributed by atoms with Crippen LogP contribution in [-0.2, 0) is 19.6 Å². The molecule has 0 bridgehead atoms. The van der Waals surface area contributed by atoms with E-state index in [1.807, 2.05) is 0 Å². The number of sulfonamides is 1. The van der Waals surface area contributed by atoms with E-state index in [-0.39, 0.29) is 17.4 Å². The number of rotatable bonds is 7. The van der Waals surface area contributed by atoms with Gasteiger partial charge in [-0.15, -0.1) is 0 Å². The van der Waals surface area contributed by atoms with Gasteiger partial charge < -0.3 is 10.1 Å². The van der Waals surface area contributed by atoms with E-state index in [1.54, 1.807) is 32.9 Å². The van der Waals surface area contributed by atoms with E-state index in [9.17, 15) is 13.2 Å². The highest BCUT2D eigenvalue weighted by atomic mass is 32.2. The van der Waals surface area contributed by atoms with E-state index in [0.29, 0.717) is 24.3 Å². The van der Waals surface area contributed by atoms with Crippen LogP contribution in [0.3, 0.4) is 0 Å². The quantitative estimate of drug-likeness (QED) is 0.829. The van der Waals surface area contributed by atoms with Crippen LogP contribution in [0.1, 0.15) is 19.4 Å². The van der Waals surface area contributed by atoms with Crippen molar-refractivity contribution in [3.05, 3.63) is 23.8 Å². The van der Waals surface area contributed by atoms with Gasteiger partial charge in [0.2, 0.25) is 15.9 Å². The lowest BCUT2D eigenvalue weighted by Gasteiger charge is -2.20. The minimum atomic E-state index is -3.55. The molecule has 0 fully saturated rings. The molecule has 0 radical (unpaired) electrons. The van der Waals surface area contributed by atoms with Crippen LogP contribution in [0.2, 0.25) is 0 Å². The zero-order chi connectivity index (χ0) is 16.0. The molecule has 1 amide bonds. The average molecular weight is 314 g/mol. The normalized spacial score (nSPS) is 11.7. The molecule has 1 N–H and O–H groups in total. The fourth-order valence-corrected chi connectivity index (χ4v) is 3.70. The molecule has 0 aliphatic carbocycles. The Labute approximate surface area is 126 Å². The standard InChI is InChI=1S/C14H22N2O4S/c1-5-16(6-2)21(18,19)13-9-12(8-7-11(13)3)15-14(17)10-20-4/h7-9H,5-6,10H2,1-4H3,(H,15,17). The van der Waals surface area contributed by atoms with Gasteiger partial charge in [-0.25, -0.2) is 8.42 Å². The maximum atomic E-state index is 12.6. The number of anilines is 1. The predicted molar refractivity (Wildman–Crippen MR) is 81.8 cm³/mol. The van der Waals surface area contributed by atoms with Crippen LogP contribution in [0.15, 0.2) is 23.1 Å². The van der Waals surface area contributed by atoms with Gasteiger partial charge in [-0.3, -0.25) is 4.79 Å². The zero-order valence-electron chi connectivity index (χ0n) is 12.8. The molecule has 0 spiro atoms. The second-order valence-electron chi connectivity index (χ2n) is 4.55. The largest absolute Gasteiger partial charge is 0.375 e. The number of nitrogens with one attached hydrogen (secondary N) is 1. The van der Waals surface area contributed by atoms with Crippen molar-refractivity contribution in [2.24, 2.45) is 0 Å². The SMILES string of the molecule is CCN(CC)S(=O)(=O)c1cc(NC(=O)COC)ccc1C. The molecule has 1 aromatic rings. The maximum Gasteiger partial charge on any atom is 0.250 e. The molecule has 0 aliphatic rings. The van der Waals surface area contributed by atoms with Crippen molar-refractivity contribution < 1.29 is 17.9 Å². The first-order valence-electron chi connectivity index (χ1n) is 6.76. The van der Waals surface area contributed by atoms with Gasteiger partial charge in [-0.05, 0) is 24.6 Å². The molecule has 118 valence electrons. The molecular formula is C14H22N2O4S. The van der Waals surface area contributed by atoms with Crippen LogP contribution < -0.4 is 5.32 Å². The summed E-state index contributed by atoms with van der Waals surface area (Å²) in [6, 6.07) is 4.83. The maximum absolute atomic E-state index is 12.6. The van der Waals surface area contributed by atoms with Crippen molar-refractivity contribution in [1.29, 1.82) is 0 Å². The van der Waals surface area contributed by atoms with Gasteiger partial charge in [0, 0.05) is 25.9 Å². The van der Waals surface area contributed by atoms with Crippen LogP contribution in [0.25, 0.3) is 0 Å². The Morgan fingerprint density at radius 1 is 1.29 bits per heavy atom. The number of hydrogen-bond acceptors (Lipinski definition) is 4. The first-order valence-corrected chi connectivity index (χ1v) is 8.20. The molecule has 6 nitrogen and oxygen atoms in total. The fraction of sp³-hybridized carbons (Fsp3) is 0.500. The van der Waals surface area contributed by atoms with Gasteiger partial charge in [-0.2, -0.15) is 4.31 Å². The summed E-state index contributed by atoms with van der Waals surface area (Å²) in [4.78, 5) is 11.7. The second kappa shape index (κ2) is 7.53. The summed E-state index contributed by atoms with van der Waals surface area (Å²) in [6.45, 7) is 6.04. The van der Waals surface area contributed by atoms with Gasteiger partial charge in [0.25, 0.3) is 0 Å². The molecule has 0 heterocycles. The summed E-state index contributed by atoms with van der Waals surface area (Å²) >= 11 is 0. The molecule has 0 unspecified atom stereocenters. The molecule has 21 heavy (non-hydrogen) atoms. The Kier molecular flexibility index (Phi) is 6.32. The highest BCUT2D eigenvalue weighted by Crippen LogP contribution is 2.23. The minimum Gasteiger partial charge on any atom is -0.375 e. The Balaban J connectivity index is 3.16. The number of methoxy groups -OCH3 is 1. The molecule has 1 aromatic carbocycles. The third-order valence-corrected chi connectivity index (χ3v) is 5.26. The number of amides is 1. The molecule has 0 saturated carbocycles. The molecule has 0 aromatic heterocycles. The number of nitrogens with zero attached hydrogens (tertiary/aromatic N) is 1. The Morgan fingerprint density at radius 3 is 2.43 bits per heavy atom. The first-order chi connectivity index (χ1) is 9.86. The van der Waals surface area contributed by atoms with E-state index in [0.717, 1.165) is 0 Å². The fourth-order valence-electron chi connectivity index (χ4n) is 1.99. The lowest BCUT2D eigenvalue weighted by atomic mass is 10.2. The Morgan fingerprint density at radius 2 is 1.90 bits per heavy atom. The smallest absolute Gasteiger partial charge is 0.250 e. The van der Waals surface area contributed by atoms with Crippen molar-refractivity contribution >= 4 is 21.6 Å². The average Bonchev–Trinajstić information content (AvgIpc) is 2.42. The van der Waals surface area contributed by atoms with Gasteiger partial charge in [0.15, 0.2) is 0 Å². The summed E-state index contributed by atoms with van der Waals surface area (Å²) < 4.78 is 31.3. The summed E-state index contributed by atoms with van der Waals surface area (Å²) in [5.41, 5.74) is 1.08. The number of benzene rings is 1. The lowest BCUT2D eigenvalue weighted by molar-refractivity contribution is -0.119. The number of carbonyl (C=O) groups excluding carboxylic acids is 1. The van der Waals surface area contributed by atoms with Crippen LogP contribution in [-0.4, -0.2) is 45.4 Å². The van der Waals surface area contributed by atoms with Crippen LogP contribution >= 0.6 is 0 Å². The van der Waals surface area contributed by atoms with Gasteiger partial charge in [0.1, 0.15) is 6.61 Å². The van der Waals surface area contributed by atoms with Crippen LogP contribution in [0, 0.1) is 6.92 Å². The highest BCUT2D eigenvalue weighted by molar-refractivity contribution is 7.89. The molecular weight excluding hydrogens is 292 g/mol. The van der Waals surface area contributed by atoms with E-state index in [4.69, 9.17) is 4.74 Å². The summed E-state index contributed by atoms with van der Waals surface area (Å²) in [7, 11) is -2.13. The van der Waals surface area contributed by atoms with Crippen molar-refractivity contribution in [3.8, 4) is 0 Å². The lowest BCUT2D eigenvalue weighted by Crippen LogP contribution is -2.31. The third kappa shape index (κ3) is 4.26. The molecule has 7 heteroatoms. The van der Waals surface area contributed by atoms with Gasteiger partial charge in [0.05, 0.1) is 4.90 Å². The van der Waals surface area contributed by atoms with E-state index < -0.39 is 10.0 Å². The van der Waals surface area contributed by atoms with Gasteiger partial charge in [-0.1, -0.05) is 19.9 Å². The van der Waals surface area contributed by atoms with Gasteiger partial charge >= 0.3 is 0 Å². The molecule has 0 aliphatic heterocycles. The monoisotopic (exact) mass is 314 g/mol. The Hall–Kier alpha value is -1.44. The van der Waals surface area contributed by atoms with Crippen molar-refractivity contribution in [3.63, 3.8) is 0 Å². The second-order valence-corrected chi connectivity index (χ2v) is 6.46. The first kappa shape index (κ1) is 17.6. The van der Waals surface area contributed by atoms with Crippen molar-refractivity contribution in [1.82, 2.24) is 4.31 Å². The number of aryl methyl sites for hydroxylation is 1. The highest BCUT2D eigenvalue weighted by Gasteiger charge is 2.23. The molecule has 0 atom stereocenters. The summed E-state index contributed by atoms with van der Waals surface area (Å²) in [5.74, 6) is -0.326. The van der Waals surface area contributed by atoms with E-state index in [1.165, 1.54) is 17.5 Å².